The van der Waals surface area contributed by atoms with Gasteiger partial charge < -0.3 is 20.7 Å². The Balaban J connectivity index is 1.33. The number of hydrogen-bond acceptors (Lipinski definition) is 6. The van der Waals surface area contributed by atoms with Crippen molar-refractivity contribution in [2.45, 2.75) is 45.1 Å². The molecular weight excluding hydrogens is 412 g/mol. The smallest absolute Gasteiger partial charge is 0.410 e. The van der Waals surface area contributed by atoms with Crippen LogP contribution in [0.15, 0.2) is 30.6 Å². The van der Waals surface area contributed by atoms with Crippen molar-refractivity contribution in [3.8, 4) is 0 Å². The Labute approximate surface area is 186 Å². The topological polar surface area (TPSA) is 97.5 Å². The molecule has 2 aromatic rings. The average Bonchev–Trinajstić information content (AvgIpc) is 3.34. The quantitative estimate of drug-likeness (QED) is 0.682. The van der Waals surface area contributed by atoms with Crippen molar-refractivity contribution in [1.82, 2.24) is 9.88 Å². The molecule has 1 fully saturated rings. The van der Waals surface area contributed by atoms with E-state index in [2.05, 4.69) is 17.2 Å². The van der Waals surface area contributed by atoms with Crippen LogP contribution < -0.4 is 11.1 Å². The molecule has 0 aromatic carbocycles. The predicted octanol–water partition coefficient (Wildman–Crippen LogP) is 4.10. The fraction of sp³-hybridized carbons (Fsp3) is 0.435. The van der Waals surface area contributed by atoms with Crippen LogP contribution in [-0.2, 0) is 22.4 Å². The van der Waals surface area contributed by atoms with E-state index >= 15 is 0 Å². The van der Waals surface area contributed by atoms with Gasteiger partial charge in [0.1, 0.15) is 5.00 Å². The summed E-state index contributed by atoms with van der Waals surface area (Å²) in [6, 6.07) is 3.97. The minimum Gasteiger partial charge on any atom is -0.449 e. The van der Waals surface area contributed by atoms with Gasteiger partial charge >= 0.3 is 6.09 Å². The predicted molar refractivity (Wildman–Crippen MR) is 123 cm³/mol. The number of rotatable bonds is 5. The van der Waals surface area contributed by atoms with E-state index in [1.165, 1.54) is 22.3 Å². The van der Waals surface area contributed by atoms with Crippen molar-refractivity contribution >= 4 is 40.1 Å². The number of nitrogens with two attached hydrogens (primary N) is 1. The number of nitrogen functional groups attached to an aromatic ring is 1. The number of fused-ring (bicyclic) bond motifs is 1. The first-order valence-corrected chi connectivity index (χ1v) is 11.6. The molecule has 1 saturated heterocycles. The van der Waals surface area contributed by atoms with Gasteiger partial charge in [0.15, 0.2) is 0 Å². The SMILES string of the molecule is CC1CCCN1C(=O)OCC1CCc2c(sc(NC(=O)/C=C/c3cccnc3)c2N)C1. The maximum atomic E-state index is 12.3. The number of amides is 2. The molecule has 2 unspecified atom stereocenters. The number of aromatic nitrogens is 1. The van der Waals surface area contributed by atoms with Crippen LogP contribution in [0.1, 0.15) is 42.2 Å². The number of pyridine rings is 1. The zero-order chi connectivity index (χ0) is 21.8. The monoisotopic (exact) mass is 440 g/mol. The zero-order valence-corrected chi connectivity index (χ0v) is 18.5. The number of likely N-dealkylation sites (tertiary alicyclic amines) is 1. The third-order valence-corrected chi connectivity index (χ3v) is 7.17. The molecule has 2 aromatic heterocycles. The molecule has 2 amide bonds. The van der Waals surface area contributed by atoms with Crippen LogP contribution in [0.4, 0.5) is 15.5 Å². The molecule has 2 atom stereocenters. The lowest BCUT2D eigenvalue weighted by atomic mass is 9.89. The Bertz CT molecular complexity index is 973. The average molecular weight is 441 g/mol. The summed E-state index contributed by atoms with van der Waals surface area (Å²) in [7, 11) is 0. The fourth-order valence-corrected chi connectivity index (χ4v) is 5.48. The number of carbonyl (C=O) groups is 2. The molecule has 1 aliphatic heterocycles. The Kier molecular flexibility index (Phi) is 6.56. The van der Waals surface area contributed by atoms with Crippen molar-refractivity contribution in [1.29, 1.82) is 0 Å². The van der Waals surface area contributed by atoms with Crippen LogP contribution in [0.3, 0.4) is 0 Å². The maximum absolute atomic E-state index is 12.3. The summed E-state index contributed by atoms with van der Waals surface area (Å²) in [4.78, 5) is 31.7. The minimum absolute atomic E-state index is 0.199. The summed E-state index contributed by atoms with van der Waals surface area (Å²) >= 11 is 1.52. The van der Waals surface area contributed by atoms with Crippen LogP contribution >= 0.6 is 11.3 Å². The van der Waals surface area contributed by atoms with Crippen LogP contribution in [0.2, 0.25) is 0 Å². The van der Waals surface area contributed by atoms with Gasteiger partial charge in [-0.1, -0.05) is 6.07 Å². The molecule has 7 nitrogen and oxygen atoms in total. The van der Waals surface area contributed by atoms with Gasteiger partial charge in [-0.15, -0.1) is 11.3 Å². The fourth-order valence-electron chi connectivity index (χ4n) is 4.19. The normalized spacial score (nSPS) is 20.6. The molecule has 3 N–H and O–H groups in total. The molecule has 0 saturated carbocycles. The van der Waals surface area contributed by atoms with E-state index in [4.69, 9.17) is 10.5 Å². The van der Waals surface area contributed by atoms with Gasteiger partial charge in [-0.25, -0.2) is 4.79 Å². The Morgan fingerprint density at radius 2 is 2.29 bits per heavy atom. The summed E-state index contributed by atoms with van der Waals surface area (Å²) in [6.45, 7) is 3.28. The third-order valence-electron chi connectivity index (χ3n) is 5.99. The Hall–Kier alpha value is -2.87. The van der Waals surface area contributed by atoms with Crippen molar-refractivity contribution in [3.63, 3.8) is 0 Å². The second-order valence-corrected chi connectivity index (χ2v) is 9.33. The molecule has 2 aliphatic rings. The molecule has 0 bridgehead atoms. The first kappa shape index (κ1) is 21.4. The van der Waals surface area contributed by atoms with E-state index in [0.717, 1.165) is 49.8 Å². The molecule has 1 aliphatic carbocycles. The van der Waals surface area contributed by atoms with E-state index in [9.17, 15) is 9.59 Å². The van der Waals surface area contributed by atoms with Crippen LogP contribution in [0.25, 0.3) is 6.08 Å². The van der Waals surface area contributed by atoms with Crippen molar-refractivity contribution < 1.29 is 14.3 Å². The standard InChI is InChI=1S/C23H28N4O3S/c1-15-4-3-11-27(15)23(29)30-14-17-6-8-18-19(12-17)31-22(21(18)24)26-20(28)9-7-16-5-2-10-25-13-16/h2,5,7,9-10,13,15,17H,3-4,6,8,11-12,14,24H2,1H3,(H,26,28)/b9-7+. The Morgan fingerprint density at radius 1 is 1.42 bits per heavy atom. The largest absolute Gasteiger partial charge is 0.449 e. The molecular formula is C23H28N4O3S. The van der Waals surface area contributed by atoms with E-state index < -0.39 is 0 Å². The van der Waals surface area contributed by atoms with E-state index in [1.807, 2.05) is 17.0 Å². The number of carbonyl (C=O) groups excluding carboxylic acids is 2. The highest BCUT2D eigenvalue weighted by Gasteiger charge is 2.29. The van der Waals surface area contributed by atoms with Gasteiger partial charge in [0.05, 0.1) is 12.3 Å². The number of anilines is 2. The maximum Gasteiger partial charge on any atom is 0.410 e. The number of hydrogen-bond donors (Lipinski definition) is 2. The van der Waals surface area contributed by atoms with E-state index in [-0.39, 0.29) is 24.0 Å². The summed E-state index contributed by atoms with van der Waals surface area (Å²) in [5.41, 5.74) is 8.95. The summed E-state index contributed by atoms with van der Waals surface area (Å²) in [5, 5.41) is 3.59. The highest BCUT2D eigenvalue weighted by molar-refractivity contribution is 7.17. The van der Waals surface area contributed by atoms with Crippen molar-refractivity contribution in [2.24, 2.45) is 5.92 Å². The first-order chi connectivity index (χ1) is 15.0. The molecule has 8 heteroatoms. The van der Waals surface area contributed by atoms with Crippen LogP contribution in [-0.4, -0.2) is 41.1 Å². The third kappa shape index (κ3) is 5.07. The summed E-state index contributed by atoms with van der Waals surface area (Å²) < 4.78 is 5.60. The molecule has 31 heavy (non-hydrogen) atoms. The second-order valence-electron chi connectivity index (χ2n) is 8.23. The Morgan fingerprint density at radius 3 is 3.03 bits per heavy atom. The van der Waals surface area contributed by atoms with E-state index in [0.29, 0.717) is 17.3 Å². The minimum atomic E-state index is -0.223. The lowest BCUT2D eigenvalue weighted by molar-refractivity contribution is -0.111. The number of nitrogens with one attached hydrogen (secondary N) is 1. The highest BCUT2D eigenvalue weighted by atomic mass is 32.1. The van der Waals surface area contributed by atoms with Gasteiger partial charge in [-0.3, -0.25) is 9.78 Å². The summed E-state index contributed by atoms with van der Waals surface area (Å²) in [5.74, 6) is 0.0563. The van der Waals surface area contributed by atoms with Gasteiger partial charge in [0, 0.05) is 35.9 Å². The van der Waals surface area contributed by atoms with Crippen molar-refractivity contribution in [2.75, 3.05) is 24.2 Å². The van der Waals surface area contributed by atoms with Crippen LogP contribution in [0.5, 0.6) is 0 Å². The molecule has 0 spiro atoms. The van der Waals surface area contributed by atoms with Crippen molar-refractivity contribution in [3.05, 3.63) is 46.6 Å². The lowest BCUT2D eigenvalue weighted by Crippen LogP contribution is -2.35. The molecule has 4 rings (SSSR count). The lowest BCUT2D eigenvalue weighted by Gasteiger charge is -2.25. The van der Waals surface area contributed by atoms with Crippen LogP contribution in [0, 0.1) is 5.92 Å². The first-order valence-electron chi connectivity index (χ1n) is 10.7. The van der Waals surface area contributed by atoms with Gasteiger partial charge in [-0.2, -0.15) is 0 Å². The van der Waals surface area contributed by atoms with Gasteiger partial charge in [0.2, 0.25) is 5.91 Å². The number of nitrogens with zero attached hydrogens (tertiary/aromatic N) is 2. The molecule has 0 radical (unpaired) electrons. The zero-order valence-electron chi connectivity index (χ0n) is 17.7. The second kappa shape index (κ2) is 9.51. The van der Waals surface area contributed by atoms with Gasteiger partial charge in [-0.05, 0) is 68.2 Å². The highest BCUT2D eigenvalue weighted by Crippen LogP contribution is 2.41. The molecule has 164 valence electrons. The summed E-state index contributed by atoms with van der Waals surface area (Å²) in [6.07, 6.45) is 11.0. The number of ether oxygens (including phenoxy) is 1. The van der Waals surface area contributed by atoms with Gasteiger partial charge in [0.25, 0.3) is 0 Å². The number of thiophene rings is 1. The van der Waals surface area contributed by atoms with E-state index in [1.54, 1.807) is 18.5 Å². The molecule has 3 heterocycles.